The molecular formula is C13H18Br3N. The molecule has 0 aliphatic carbocycles. The van der Waals surface area contributed by atoms with E-state index >= 15 is 0 Å². The van der Waals surface area contributed by atoms with E-state index in [0.29, 0.717) is 5.41 Å². The van der Waals surface area contributed by atoms with Gasteiger partial charge in [-0.1, -0.05) is 62.2 Å². The topological polar surface area (TPSA) is 3.24 Å². The Kier molecular flexibility index (Phi) is 6.70. The first-order valence-corrected chi connectivity index (χ1v) is 7.90. The molecule has 1 fully saturated rings. The summed E-state index contributed by atoms with van der Waals surface area (Å²) in [6, 6.07) is 10.7. The van der Waals surface area contributed by atoms with Gasteiger partial charge in [0.2, 0.25) is 0 Å². The van der Waals surface area contributed by atoms with Crippen molar-refractivity contribution in [2.75, 3.05) is 23.7 Å². The van der Waals surface area contributed by atoms with Gasteiger partial charge in [-0.2, -0.15) is 0 Å². The monoisotopic (exact) mass is 425 g/mol. The van der Waals surface area contributed by atoms with Crippen LogP contribution in [0.15, 0.2) is 30.3 Å². The van der Waals surface area contributed by atoms with Crippen LogP contribution in [0.2, 0.25) is 0 Å². The number of halogens is 3. The zero-order valence-electron chi connectivity index (χ0n) is 9.74. The molecule has 1 nitrogen and oxygen atoms in total. The Labute approximate surface area is 131 Å². The molecule has 1 heterocycles. The van der Waals surface area contributed by atoms with Gasteiger partial charge in [0, 0.05) is 29.2 Å². The molecule has 0 N–H and O–H groups in total. The first-order chi connectivity index (χ1) is 7.78. The number of alkyl halides is 2. The first-order valence-electron chi connectivity index (χ1n) is 5.66. The van der Waals surface area contributed by atoms with Gasteiger partial charge in [0.1, 0.15) is 0 Å². The van der Waals surface area contributed by atoms with E-state index in [1.165, 1.54) is 25.1 Å². The minimum absolute atomic E-state index is 0. The third-order valence-corrected chi connectivity index (χ3v) is 5.71. The third kappa shape index (κ3) is 4.05. The number of hydrogen-bond acceptors (Lipinski definition) is 1. The Morgan fingerprint density at radius 1 is 1.12 bits per heavy atom. The fraction of sp³-hybridized carbons (Fsp3) is 0.538. The number of likely N-dealkylation sites (tertiary alicyclic amines) is 1. The normalized spacial score (nSPS) is 18.9. The second-order valence-corrected chi connectivity index (χ2v) is 5.83. The lowest BCUT2D eigenvalue weighted by Crippen LogP contribution is -2.29. The van der Waals surface area contributed by atoms with Crippen LogP contribution in [-0.2, 0) is 6.54 Å². The quantitative estimate of drug-likeness (QED) is 0.649. The average Bonchev–Trinajstić information content (AvgIpc) is 2.75. The summed E-state index contributed by atoms with van der Waals surface area (Å²) in [6.45, 7) is 3.49. The van der Waals surface area contributed by atoms with E-state index in [-0.39, 0.29) is 17.0 Å². The van der Waals surface area contributed by atoms with Crippen LogP contribution in [0, 0.1) is 5.41 Å². The molecule has 1 aromatic carbocycles. The molecule has 4 heteroatoms. The van der Waals surface area contributed by atoms with Crippen molar-refractivity contribution in [3.05, 3.63) is 35.9 Å². The molecule has 0 aromatic heterocycles. The van der Waals surface area contributed by atoms with Gasteiger partial charge < -0.3 is 0 Å². The van der Waals surface area contributed by atoms with Gasteiger partial charge in [-0.15, -0.1) is 17.0 Å². The van der Waals surface area contributed by atoms with Gasteiger partial charge >= 0.3 is 0 Å². The van der Waals surface area contributed by atoms with Crippen molar-refractivity contribution < 1.29 is 0 Å². The van der Waals surface area contributed by atoms with E-state index in [0.717, 1.165) is 17.2 Å². The highest BCUT2D eigenvalue weighted by molar-refractivity contribution is 9.09. The van der Waals surface area contributed by atoms with Crippen molar-refractivity contribution in [3.63, 3.8) is 0 Å². The standard InChI is InChI=1S/C13H17Br2N.BrH/c14-9-13(10-15)6-7-16(11-13)8-12-4-2-1-3-5-12;/h1-5H,6-11H2;1H. The van der Waals surface area contributed by atoms with Crippen molar-refractivity contribution in [1.82, 2.24) is 4.90 Å². The molecule has 0 amide bonds. The average molecular weight is 428 g/mol. The summed E-state index contributed by atoms with van der Waals surface area (Å²) in [5, 5.41) is 2.19. The zero-order chi connectivity index (χ0) is 11.4. The lowest BCUT2D eigenvalue weighted by atomic mass is 9.93. The van der Waals surface area contributed by atoms with Crippen molar-refractivity contribution in [2.24, 2.45) is 5.41 Å². The van der Waals surface area contributed by atoms with Crippen molar-refractivity contribution in [3.8, 4) is 0 Å². The molecule has 0 unspecified atom stereocenters. The van der Waals surface area contributed by atoms with E-state index in [2.05, 4.69) is 67.1 Å². The molecule has 1 aliphatic heterocycles. The molecule has 1 aromatic rings. The molecule has 0 saturated carbocycles. The van der Waals surface area contributed by atoms with Crippen molar-refractivity contribution in [1.29, 1.82) is 0 Å². The van der Waals surface area contributed by atoms with Crippen LogP contribution in [-0.4, -0.2) is 28.6 Å². The van der Waals surface area contributed by atoms with Crippen LogP contribution >= 0.6 is 48.8 Å². The molecule has 1 aliphatic rings. The zero-order valence-corrected chi connectivity index (χ0v) is 14.6. The largest absolute Gasteiger partial charge is 0.298 e. The predicted octanol–water partition coefficient (Wildman–Crippen LogP) is 4.25. The Hall–Kier alpha value is 0.620. The minimum Gasteiger partial charge on any atom is -0.298 e. The molecule has 0 bridgehead atoms. The molecular weight excluding hydrogens is 410 g/mol. The van der Waals surface area contributed by atoms with Crippen LogP contribution in [0.25, 0.3) is 0 Å². The highest BCUT2D eigenvalue weighted by Crippen LogP contribution is 2.34. The Bertz CT molecular complexity index is 325. The summed E-state index contributed by atoms with van der Waals surface area (Å²) >= 11 is 7.30. The van der Waals surface area contributed by atoms with Crippen molar-refractivity contribution in [2.45, 2.75) is 13.0 Å². The second-order valence-electron chi connectivity index (χ2n) is 4.71. The second kappa shape index (κ2) is 7.27. The van der Waals surface area contributed by atoms with Crippen LogP contribution < -0.4 is 0 Å². The van der Waals surface area contributed by atoms with Gasteiger partial charge in [-0.25, -0.2) is 0 Å². The number of benzene rings is 1. The molecule has 2 rings (SSSR count). The maximum absolute atomic E-state index is 3.65. The number of rotatable bonds is 4. The van der Waals surface area contributed by atoms with E-state index < -0.39 is 0 Å². The minimum atomic E-state index is 0. The van der Waals surface area contributed by atoms with Crippen LogP contribution in [0.4, 0.5) is 0 Å². The lowest BCUT2D eigenvalue weighted by Gasteiger charge is -2.24. The van der Waals surface area contributed by atoms with Gasteiger partial charge in [-0.3, -0.25) is 4.90 Å². The fourth-order valence-electron chi connectivity index (χ4n) is 2.26. The first kappa shape index (κ1) is 15.7. The van der Waals surface area contributed by atoms with E-state index in [1.807, 2.05) is 0 Å². The highest BCUT2D eigenvalue weighted by Gasteiger charge is 2.35. The Morgan fingerprint density at radius 2 is 1.76 bits per heavy atom. The van der Waals surface area contributed by atoms with Crippen LogP contribution in [0.5, 0.6) is 0 Å². The van der Waals surface area contributed by atoms with Gasteiger partial charge in [0.25, 0.3) is 0 Å². The SMILES string of the molecule is Br.BrCC1(CBr)CCN(Cc2ccccc2)C1. The van der Waals surface area contributed by atoms with Gasteiger partial charge in [-0.05, 0) is 18.5 Å². The lowest BCUT2D eigenvalue weighted by molar-refractivity contribution is 0.292. The van der Waals surface area contributed by atoms with Crippen molar-refractivity contribution >= 4 is 48.8 Å². The predicted molar refractivity (Wildman–Crippen MR) is 86.7 cm³/mol. The van der Waals surface area contributed by atoms with Gasteiger partial charge in [0.15, 0.2) is 0 Å². The maximum Gasteiger partial charge on any atom is 0.0233 e. The molecule has 0 spiro atoms. The fourth-order valence-corrected chi connectivity index (χ4v) is 4.10. The molecule has 17 heavy (non-hydrogen) atoms. The molecule has 0 atom stereocenters. The summed E-state index contributed by atoms with van der Waals surface area (Å²) in [6.07, 6.45) is 1.29. The summed E-state index contributed by atoms with van der Waals surface area (Å²) in [7, 11) is 0. The summed E-state index contributed by atoms with van der Waals surface area (Å²) in [5.74, 6) is 0. The smallest absolute Gasteiger partial charge is 0.0233 e. The van der Waals surface area contributed by atoms with Crippen LogP contribution in [0.3, 0.4) is 0 Å². The summed E-state index contributed by atoms with van der Waals surface area (Å²) in [4.78, 5) is 2.55. The molecule has 0 radical (unpaired) electrons. The highest BCUT2D eigenvalue weighted by atomic mass is 79.9. The summed E-state index contributed by atoms with van der Waals surface area (Å²) < 4.78 is 0. The molecule has 96 valence electrons. The van der Waals surface area contributed by atoms with Gasteiger partial charge in [0.05, 0.1) is 0 Å². The van der Waals surface area contributed by atoms with E-state index in [1.54, 1.807) is 0 Å². The van der Waals surface area contributed by atoms with Crippen LogP contribution in [0.1, 0.15) is 12.0 Å². The third-order valence-electron chi connectivity index (χ3n) is 3.33. The van der Waals surface area contributed by atoms with E-state index in [9.17, 15) is 0 Å². The number of hydrogen-bond donors (Lipinski definition) is 0. The molecule has 1 saturated heterocycles. The Balaban J connectivity index is 0.00000144. The van der Waals surface area contributed by atoms with E-state index in [4.69, 9.17) is 0 Å². The summed E-state index contributed by atoms with van der Waals surface area (Å²) in [5.41, 5.74) is 1.86. The Morgan fingerprint density at radius 3 is 2.29 bits per heavy atom. The maximum atomic E-state index is 3.65. The number of nitrogens with zero attached hydrogens (tertiary/aromatic N) is 1.